The molecule has 0 spiro atoms. The van der Waals surface area contributed by atoms with Crippen LogP contribution >= 0.6 is 0 Å². The number of carbonyl (C=O) groups excluding carboxylic acids is 3. The van der Waals surface area contributed by atoms with Gasteiger partial charge in [-0.15, -0.1) is 0 Å². The molecule has 1 rings (SSSR count). The Bertz CT molecular complexity index is 569. The monoisotopic (exact) mass is 291 g/mol. The Labute approximate surface area is 122 Å². The zero-order valence-corrected chi connectivity index (χ0v) is 12.4. The second-order valence-corrected chi connectivity index (χ2v) is 5.25. The molecule has 0 unspecified atom stereocenters. The highest BCUT2D eigenvalue weighted by molar-refractivity contribution is 6.68. The molecule has 0 saturated carbocycles. The van der Waals surface area contributed by atoms with Gasteiger partial charge in [0.25, 0.3) is 0 Å². The van der Waals surface area contributed by atoms with Crippen LogP contribution in [0.3, 0.4) is 0 Å². The molecular weight excluding hydrogens is 274 g/mol. The Morgan fingerprint density at radius 1 is 1.05 bits per heavy atom. The van der Waals surface area contributed by atoms with Gasteiger partial charge in [0.1, 0.15) is 5.60 Å². The SMILES string of the molecule is CC(=O)C(=NOC(=O)OC(C)(C)C)C(=O)c1ccccc1. The number of carbonyl (C=O) groups is 3. The predicted octanol–water partition coefficient (Wildman–Crippen LogP) is 2.77. The van der Waals surface area contributed by atoms with Crippen molar-refractivity contribution >= 4 is 23.4 Å². The summed E-state index contributed by atoms with van der Waals surface area (Å²) < 4.78 is 4.86. The minimum Gasteiger partial charge on any atom is -0.427 e. The van der Waals surface area contributed by atoms with E-state index in [-0.39, 0.29) is 5.56 Å². The van der Waals surface area contributed by atoms with E-state index in [2.05, 4.69) is 9.99 Å². The van der Waals surface area contributed by atoms with Gasteiger partial charge in [-0.3, -0.25) is 14.4 Å². The summed E-state index contributed by atoms with van der Waals surface area (Å²) in [5, 5.41) is 3.33. The zero-order valence-electron chi connectivity index (χ0n) is 12.4. The highest BCUT2D eigenvalue weighted by Gasteiger charge is 2.22. The van der Waals surface area contributed by atoms with Crippen molar-refractivity contribution in [2.45, 2.75) is 33.3 Å². The second-order valence-electron chi connectivity index (χ2n) is 5.25. The van der Waals surface area contributed by atoms with E-state index >= 15 is 0 Å². The van der Waals surface area contributed by atoms with Gasteiger partial charge in [-0.1, -0.05) is 35.5 Å². The summed E-state index contributed by atoms with van der Waals surface area (Å²) >= 11 is 0. The van der Waals surface area contributed by atoms with Gasteiger partial charge in [-0.2, -0.15) is 0 Å². The molecular formula is C15H17NO5. The number of benzene rings is 1. The van der Waals surface area contributed by atoms with Crippen LogP contribution < -0.4 is 0 Å². The van der Waals surface area contributed by atoms with Gasteiger partial charge in [-0.25, -0.2) is 4.79 Å². The summed E-state index contributed by atoms with van der Waals surface area (Å²) in [7, 11) is 0. The fourth-order valence-electron chi connectivity index (χ4n) is 1.34. The molecule has 0 radical (unpaired) electrons. The van der Waals surface area contributed by atoms with E-state index in [1.54, 1.807) is 39.0 Å². The van der Waals surface area contributed by atoms with Crippen molar-refractivity contribution in [1.29, 1.82) is 0 Å². The van der Waals surface area contributed by atoms with E-state index in [0.717, 1.165) is 6.92 Å². The van der Waals surface area contributed by atoms with Crippen LogP contribution in [0.5, 0.6) is 0 Å². The van der Waals surface area contributed by atoms with Crippen molar-refractivity contribution in [1.82, 2.24) is 0 Å². The van der Waals surface area contributed by atoms with Crippen molar-refractivity contribution in [2.75, 3.05) is 0 Å². The largest absolute Gasteiger partial charge is 0.535 e. The molecule has 0 N–H and O–H groups in total. The first-order valence-electron chi connectivity index (χ1n) is 6.29. The topological polar surface area (TPSA) is 82.0 Å². The minimum atomic E-state index is -1.08. The van der Waals surface area contributed by atoms with Crippen LogP contribution in [0.1, 0.15) is 38.1 Å². The third-order valence-corrected chi connectivity index (χ3v) is 2.19. The van der Waals surface area contributed by atoms with E-state index in [9.17, 15) is 14.4 Å². The lowest BCUT2D eigenvalue weighted by Crippen LogP contribution is -2.26. The molecule has 0 bridgehead atoms. The van der Waals surface area contributed by atoms with Crippen LogP contribution in [0.2, 0.25) is 0 Å². The molecule has 0 atom stereocenters. The Kier molecular flexibility index (Phi) is 5.35. The zero-order chi connectivity index (χ0) is 16.0. The van der Waals surface area contributed by atoms with E-state index in [1.165, 1.54) is 12.1 Å². The van der Waals surface area contributed by atoms with Gasteiger partial charge >= 0.3 is 6.16 Å². The normalized spacial score (nSPS) is 11.7. The van der Waals surface area contributed by atoms with Crippen molar-refractivity contribution in [3.63, 3.8) is 0 Å². The number of Topliss-reactive ketones (excluding diaryl/α,β-unsaturated/α-hetero) is 2. The van der Waals surface area contributed by atoms with Gasteiger partial charge in [-0.05, 0) is 20.8 Å². The van der Waals surface area contributed by atoms with Crippen LogP contribution in [0, 0.1) is 0 Å². The maximum atomic E-state index is 12.1. The molecule has 0 aliphatic rings. The van der Waals surface area contributed by atoms with Crippen molar-refractivity contribution < 1.29 is 24.0 Å². The third-order valence-electron chi connectivity index (χ3n) is 2.19. The summed E-state index contributed by atoms with van der Waals surface area (Å²) in [6, 6.07) is 8.11. The Morgan fingerprint density at radius 3 is 2.10 bits per heavy atom. The highest BCUT2D eigenvalue weighted by Crippen LogP contribution is 2.09. The van der Waals surface area contributed by atoms with Crippen LogP contribution in [0.25, 0.3) is 0 Å². The Balaban J connectivity index is 2.88. The maximum absolute atomic E-state index is 12.1. The number of ketones is 2. The minimum absolute atomic E-state index is 0.277. The van der Waals surface area contributed by atoms with Crippen LogP contribution in [0.15, 0.2) is 35.5 Å². The van der Waals surface area contributed by atoms with E-state index in [1.807, 2.05) is 0 Å². The smallest absolute Gasteiger partial charge is 0.427 e. The molecule has 0 saturated heterocycles. The van der Waals surface area contributed by atoms with Crippen molar-refractivity contribution in [3.8, 4) is 0 Å². The number of oxime groups is 1. The van der Waals surface area contributed by atoms with Crippen LogP contribution in [-0.4, -0.2) is 29.0 Å². The first-order valence-corrected chi connectivity index (χ1v) is 6.29. The van der Waals surface area contributed by atoms with E-state index < -0.39 is 29.0 Å². The van der Waals surface area contributed by atoms with Gasteiger partial charge < -0.3 is 4.74 Å². The van der Waals surface area contributed by atoms with Crippen LogP contribution in [0.4, 0.5) is 4.79 Å². The summed E-state index contributed by atoms with van der Waals surface area (Å²) in [6.45, 7) is 6.12. The number of rotatable bonds is 4. The quantitative estimate of drug-likeness (QED) is 0.213. The molecule has 1 aromatic rings. The Hall–Kier alpha value is -2.50. The fourth-order valence-corrected chi connectivity index (χ4v) is 1.34. The van der Waals surface area contributed by atoms with E-state index in [4.69, 9.17) is 4.74 Å². The molecule has 0 aliphatic carbocycles. The van der Waals surface area contributed by atoms with Crippen molar-refractivity contribution in [3.05, 3.63) is 35.9 Å². The molecule has 6 nitrogen and oxygen atoms in total. The van der Waals surface area contributed by atoms with Gasteiger partial charge in [0.2, 0.25) is 5.78 Å². The van der Waals surface area contributed by atoms with Gasteiger partial charge in [0.05, 0.1) is 0 Å². The molecule has 21 heavy (non-hydrogen) atoms. The number of hydrogen-bond donors (Lipinski definition) is 0. The average molecular weight is 291 g/mol. The van der Waals surface area contributed by atoms with Crippen LogP contribution in [-0.2, 0) is 14.4 Å². The fraction of sp³-hybridized carbons (Fsp3) is 0.333. The molecule has 0 aromatic heterocycles. The van der Waals surface area contributed by atoms with E-state index in [0.29, 0.717) is 0 Å². The van der Waals surface area contributed by atoms with Gasteiger partial charge in [0.15, 0.2) is 11.5 Å². The molecule has 0 aliphatic heterocycles. The highest BCUT2D eigenvalue weighted by atomic mass is 16.8. The average Bonchev–Trinajstić information content (AvgIpc) is 2.37. The number of hydrogen-bond acceptors (Lipinski definition) is 6. The number of nitrogens with zero attached hydrogens (tertiary/aromatic N) is 1. The molecule has 112 valence electrons. The molecule has 1 aromatic carbocycles. The molecule has 0 fully saturated rings. The second kappa shape index (κ2) is 6.78. The molecule has 0 heterocycles. The maximum Gasteiger partial charge on any atom is 0.535 e. The summed E-state index contributed by atoms with van der Waals surface area (Å²) in [6.07, 6.45) is -1.08. The lowest BCUT2D eigenvalue weighted by Gasteiger charge is -2.17. The lowest BCUT2D eigenvalue weighted by atomic mass is 10.1. The summed E-state index contributed by atoms with van der Waals surface area (Å²) in [5.41, 5.74) is -0.946. The predicted molar refractivity (Wildman–Crippen MR) is 76.2 cm³/mol. The molecule has 0 amide bonds. The standard InChI is InChI=1S/C15H17NO5/c1-10(17)12(13(18)11-8-6-5-7-9-11)16-21-14(19)20-15(2,3)4/h5-9H,1-4H3. The van der Waals surface area contributed by atoms with Crippen molar-refractivity contribution in [2.24, 2.45) is 5.16 Å². The van der Waals surface area contributed by atoms with Gasteiger partial charge in [0, 0.05) is 12.5 Å². The first kappa shape index (κ1) is 16.6. The number of ether oxygens (including phenoxy) is 1. The Morgan fingerprint density at radius 2 is 1.62 bits per heavy atom. The summed E-state index contributed by atoms with van der Waals surface area (Å²) in [5.74, 6) is -1.22. The summed E-state index contributed by atoms with van der Waals surface area (Å²) in [4.78, 5) is 39.4. The molecule has 6 heteroatoms. The first-order chi connectivity index (χ1) is 9.70. The third kappa shape index (κ3) is 5.56. The lowest BCUT2D eigenvalue weighted by molar-refractivity contribution is -0.111.